The van der Waals surface area contributed by atoms with Gasteiger partial charge in [-0.05, 0) is 6.92 Å². The molecule has 0 aromatic rings. The van der Waals surface area contributed by atoms with Crippen LogP contribution in [0.25, 0.3) is 0 Å². The van der Waals surface area contributed by atoms with Crippen LogP contribution in [-0.4, -0.2) is 22.2 Å². The maximum absolute atomic E-state index is 11.6. The minimum Gasteiger partial charge on any atom is -0.395 e. The summed E-state index contributed by atoms with van der Waals surface area (Å²) in [6.45, 7) is -0.0799. The van der Waals surface area contributed by atoms with E-state index >= 15 is 0 Å². The van der Waals surface area contributed by atoms with Crippen LogP contribution in [0.4, 0.5) is 13.2 Å². The molecule has 0 heterocycles. The van der Waals surface area contributed by atoms with Crippen molar-refractivity contribution in [3.63, 3.8) is 0 Å². The van der Waals surface area contributed by atoms with Crippen molar-refractivity contribution in [2.24, 2.45) is 0 Å². The Morgan fingerprint density at radius 3 is 1.78 bits per heavy atom. The molecule has 0 bridgehead atoms. The SMILES string of the molecule is CC(Br)(CO)C(F)(F)F. The molecule has 1 atom stereocenters. The first-order chi connectivity index (χ1) is 3.81. The molecule has 5 heteroatoms. The van der Waals surface area contributed by atoms with Crippen LogP contribution in [0.15, 0.2) is 0 Å². The number of rotatable bonds is 1. The Labute approximate surface area is 59.0 Å². The second-order valence-corrected chi connectivity index (χ2v) is 3.60. The van der Waals surface area contributed by atoms with E-state index in [4.69, 9.17) is 5.11 Å². The molecule has 0 aliphatic rings. The van der Waals surface area contributed by atoms with Crippen molar-refractivity contribution in [1.82, 2.24) is 0 Å². The molecule has 0 saturated heterocycles. The lowest BCUT2D eigenvalue weighted by Crippen LogP contribution is -2.39. The van der Waals surface area contributed by atoms with Gasteiger partial charge >= 0.3 is 6.18 Å². The molecular weight excluding hydrogens is 201 g/mol. The van der Waals surface area contributed by atoms with Crippen LogP contribution in [0, 0.1) is 0 Å². The Kier molecular flexibility index (Phi) is 2.52. The summed E-state index contributed by atoms with van der Waals surface area (Å²) in [6, 6.07) is 0. The average Bonchev–Trinajstić information content (AvgIpc) is 1.64. The van der Waals surface area contributed by atoms with Crippen molar-refractivity contribution < 1.29 is 18.3 Å². The molecule has 0 spiro atoms. The summed E-state index contributed by atoms with van der Waals surface area (Å²) in [4.78, 5) is 0. The van der Waals surface area contributed by atoms with E-state index in [0.717, 1.165) is 6.92 Å². The molecule has 0 aliphatic heterocycles. The van der Waals surface area contributed by atoms with Gasteiger partial charge in [0.15, 0.2) is 0 Å². The van der Waals surface area contributed by atoms with E-state index in [1.165, 1.54) is 0 Å². The molecule has 0 fully saturated rings. The van der Waals surface area contributed by atoms with Gasteiger partial charge in [0.1, 0.15) is 4.32 Å². The predicted octanol–water partition coefficient (Wildman–Crippen LogP) is 1.69. The summed E-state index contributed by atoms with van der Waals surface area (Å²) in [6.07, 6.45) is -4.39. The number of alkyl halides is 4. The highest BCUT2D eigenvalue weighted by Gasteiger charge is 2.48. The molecule has 9 heavy (non-hydrogen) atoms. The topological polar surface area (TPSA) is 20.2 Å². The molecule has 0 aromatic heterocycles. The fraction of sp³-hybridized carbons (Fsp3) is 1.00. The summed E-state index contributed by atoms with van der Waals surface area (Å²) < 4.78 is 32.7. The zero-order chi connectivity index (χ0) is 7.71. The van der Waals surface area contributed by atoms with Crippen LogP contribution in [0.5, 0.6) is 0 Å². The third kappa shape index (κ3) is 2.14. The van der Waals surface area contributed by atoms with Gasteiger partial charge in [0.25, 0.3) is 0 Å². The highest BCUT2D eigenvalue weighted by molar-refractivity contribution is 9.10. The lowest BCUT2D eigenvalue weighted by Gasteiger charge is -2.22. The van der Waals surface area contributed by atoms with E-state index in [2.05, 4.69) is 15.9 Å². The lowest BCUT2D eigenvalue weighted by molar-refractivity contribution is -0.160. The zero-order valence-corrected chi connectivity index (χ0v) is 6.25. The Hall–Kier alpha value is 0.230. The van der Waals surface area contributed by atoms with Crippen molar-refractivity contribution in [2.75, 3.05) is 6.61 Å². The van der Waals surface area contributed by atoms with E-state index in [1.54, 1.807) is 0 Å². The monoisotopic (exact) mass is 206 g/mol. The first kappa shape index (κ1) is 9.23. The molecule has 0 radical (unpaired) electrons. The fourth-order valence-corrected chi connectivity index (χ4v) is 0.0896. The first-order valence-electron chi connectivity index (χ1n) is 2.18. The molecule has 0 rings (SSSR count). The quantitative estimate of drug-likeness (QED) is 0.648. The smallest absolute Gasteiger partial charge is 0.395 e. The van der Waals surface area contributed by atoms with Gasteiger partial charge in [-0.2, -0.15) is 13.2 Å². The van der Waals surface area contributed by atoms with E-state index in [-0.39, 0.29) is 0 Å². The van der Waals surface area contributed by atoms with Crippen LogP contribution in [0.1, 0.15) is 6.92 Å². The van der Waals surface area contributed by atoms with Crippen molar-refractivity contribution in [1.29, 1.82) is 0 Å². The second kappa shape index (κ2) is 2.46. The molecule has 0 aliphatic carbocycles. The number of aliphatic hydroxyl groups is 1. The maximum atomic E-state index is 11.6. The maximum Gasteiger partial charge on any atom is 0.405 e. The summed E-state index contributed by atoms with van der Waals surface area (Å²) in [7, 11) is 0. The summed E-state index contributed by atoms with van der Waals surface area (Å²) in [5.41, 5.74) is 0. The van der Waals surface area contributed by atoms with Gasteiger partial charge in [0.05, 0.1) is 6.61 Å². The van der Waals surface area contributed by atoms with Gasteiger partial charge in [0, 0.05) is 0 Å². The van der Waals surface area contributed by atoms with E-state index in [9.17, 15) is 13.2 Å². The number of hydrogen-bond donors (Lipinski definition) is 1. The van der Waals surface area contributed by atoms with Gasteiger partial charge in [-0.3, -0.25) is 0 Å². The van der Waals surface area contributed by atoms with Gasteiger partial charge in [-0.1, -0.05) is 15.9 Å². The zero-order valence-electron chi connectivity index (χ0n) is 4.67. The molecule has 56 valence electrons. The molecule has 0 saturated carbocycles. The summed E-state index contributed by atoms with van der Waals surface area (Å²) in [5.74, 6) is 0. The minimum atomic E-state index is -4.39. The molecule has 0 aromatic carbocycles. The summed E-state index contributed by atoms with van der Waals surface area (Å²) in [5, 5.41) is 8.16. The normalized spacial score (nSPS) is 19.3. The Morgan fingerprint density at radius 1 is 1.44 bits per heavy atom. The van der Waals surface area contributed by atoms with Crippen molar-refractivity contribution in [3.8, 4) is 0 Å². The van der Waals surface area contributed by atoms with Crippen LogP contribution in [0.2, 0.25) is 0 Å². The van der Waals surface area contributed by atoms with Crippen LogP contribution < -0.4 is 0 Å². The Balaban J connectivity index is 4.14. The molecule has 1 unspecified atom stereocenters. The molecular formula is C4H6BrF3O. The number of halogens is 4. The first-order valence-corrected chi connectivity index (χ1v) is 2.97. The van der Waals surface area contributed by atoms with Gasteiger partial charge in [0.2, 0.25) is 0 Å². The highest BCUT2D eigenvalue weighted by atomic mass is 79.9. The van der Waals surface area contributed by atoms with Crippen LogP contribution in [0.3, 0.4) is 0 Å². The van der Waals surface area contributed by atoms with E-state index < -0.39 is 17.1 Å². The largest absolute Gasteiger partial charge is 0.405 e. The van der Waals surface area contributed by atoms with Crippen LogP contribution in [-0.2, 0) is 0 Å². The van der Waals surface area contributed by atoms with Crippen molar-refractivity contribution >= 4 is 15.9 Å². The van der Waals surface area contributed by atoms with Crippen molar-refractivity contribution in [3.05, 3.63) is 0 Å². The van der Waals surface area contributed by atoms with E-state index in [1.807, 2.05) is 0 Å². The third-order valence-corrected chi connectivity index (χ3v) is 1.59. The number of aliphatic hydroxyl groups excluding tert-OH is 1. The lowest BCUT2D eigenvalue weighted by atomic mass is 10.2. The minimum absolute atomic E-state index is 0.868. The number of hydrogen-bond acceptors (Lipinski definition) is 1. The Morgan fingerprint density at radius 2 is 1.78 bits per heavy atom. The Bertz CT molecular complexity index is 98.5. The standard InChI is InChI=1S/C4H6BrF3O/c1-3(5,2-9)4(6,7)8/h9H,2H2,1H3. The second-order valence-electron chi connectivity index (χ2n) is 1.85. The highest BCUT2D eigenvalue weighted by Crippen LogP contribution is 2.36. The van der Waals surface area contributed by atoms with Gasteiger partial charge in [-0.15, -0.1) is 0 Å². The van der Waals surface area contributed by atoms with Gasteiger partial charge in [-0.25, -0.2) is 0 Å². The van der Waals surface area contributed by atoms with Gasteiger partial charge < -0.3 is 5.11 Å². The predicted molar refractivity (Wildman–Crippen MR) is 30.5 cm³/mol. The van der Waals surface area contributed by atoms with E-state index in [0.29, 0.717) is 0 Å². The average molecular weight is 207 g/mol. The fourth-order valence-electron chi connectivity index (χ4n) is 0.0896. The molecule has 1 N–H and O–H groups in total. The summed E-state index contributed by atoms with van der Waals surface area (Å²) >= 11 is 2.33. The molecule has 1 nitrogen and oxygen atoms in total. The third-order valence-electron chi connectivity index (χ3n) is 0.888. The van der Waals surface area contributed by atoms with Crippen molar-refractivity contribution in [2.45, 2.75) is 17.4 Å². The van der Waals surface area contributed by atoms with Crippen LogP contribution >= 0.6 is 15.9 Å². The molecule has 0 amide bonds.